The summed E-state index contributed by atoms with van der Waals surface area (Å²) in [5.74, 6) is 0. The fraction of sp³-hybridized carbons (Fsp3) is 0.800. The van der Waals surface area contributed by atoms with Crippen LogP contribution in [0.3, 0.4) is 0 Å². The van der Waals surface area contributed by atoms with Gasteiger partial charge in [0.2, 0.25) is 0 Å². The van der Waals surface area contributed by atoms with Crippen molar-refractivity contribution in [3.8, 4) is 0 Å². The molecule has 1 spiro atoms. The highest BCUT2D eigenvalue weighted by molar-refractivity contribution is 7.09. The molecule has 0 amide bonds. The minimum Gasteiger partial charge on any atom is -0.330 e. The molecule has 1 saturated carbocycles. The SMILES string of the molecule is NCCc1nc(CN2CCC3(CCCC3)CC2)cs1. The van der Waals surface area contributed by atoms with E-state index in [1.54, 1.807) is 11.3 Å². The van der Waals surface area contributed by atoms with Crippen LogP contribution in [0, 0.1) is 5.41 Å². The van der Waals surface area contributed by atoms with E-state index < -0.39 is 0 Å². The molecule has 1 aromatic heterocycles. The van der Waals surface area contributed by atoms with Crippen molar-refractivity contribution in [1.29, 1.82) is 0 Å². The van der Waals surface area contributed by atoms with Gasteiger partial charge in [0.25, 0.3) is 0 Å². The Kier molecular flexibility index (Phi) is 4.20. The average molecular weight is 279 g/mol. The zero-order valence-electron chi connectivity index (χ0n) is 11.7. The lowest BCUT2D eigenvalue weighted by Crippen LogP contribution is -2.38. The second-order valence-electron chi connectivity index (χ2n) is 6.25. The molecule has 1 aliphatic carbocycles. The molecule has 3 rings (SSSR count). The Bertz CT molecular complexity index is 399. The average Bonchev–Trinajstić information content (AvgIpc) is 3.04. The van der Waals surface area contributed by atoms with Gasteiger partial charge in [-0.05, 0) is 50.7 Å². The maximum Gasteiger partial charge on any atom is 0.0941 e. The van der Waals surface area contributed by atoms with Crippen LogP contribution in [0.15, 0.2) is 5.38 Å². The van der Waals surface area contributed by atoms with E-state index in [-0.39, 0.29) is 0 Å². The third-order valence-electron chi connectivity index (χ3n) is 4.92. The maximum absolute atomic E-state index is 5.58. The highest BCUT2D eigenvalue weighted by atomic mass is 32.1. The number of nitrogens with zero attached hydrogens (tertiary/aromatic N) is 2. The molecular formula is C15H25N3S. The van der Waals surface area contributed by atoms with Gasteiger partial charge in [-0.3, -0.25) is 4.90 Å². The summed E-state index contributed by atoms with van der Waals surface area (Å²) in [6.45, 7) is 4.28. The molecule has 1 aromatic rings. The van der Waals surface area contributed by atoms with Gasteiger partial charge in [-0.25, -0.2) is 4.98 Å². The molecule has 1 aliphatic heterocycles. The highest BCUT2D eigenvalue weighted by Gasteiger charge is 2.36. The van der Waals surface area contributed by atoms with Gasteiger partial charge in [0.05, 0.1) is 10.7 Å². The quantitative estimate of drug-likeness (QED) is 0.921. The molecule has 0 radical (unpaired) electrons. The second kappa shape index (κ2) is 5.90. The van der Waals surface area contributed by atoms with Gasteiger partial charge in [0, 0.05) is 18.3 Å². The van der Waals surface area contributed by atoms with Gasteiger partial charge in [-0.1, -0.05) is 12.8 Å². The van der Waals surface area contributed by atoms with Crippen molar-refractivity contribution in [2.45, 2.75) is 51.5 Å². The number of thiazole rings is 1. The van der Waals surface area contributed by atoms with Crippen LogP contribution in [0.4, 0.5) is 0 Å². The Morgan fingerprint density at radius 3 is 2.63 bits per heavy atom. The molecule has 1 saturated heterocycles. The largest absolute Gasteiger partial charge is 0.330 e. The number of likely N-dealkylation sites (tertiary alicyclic amines) is 1. The Morgan fingerprint density at radius 2 is 1.95 bits per heavy atom. The molecule has 0 unspecified atom stereocenters. The zero-order valence-corrected chi connectivity index (χ0v) is 12.6. The number of hydrogen-bond acceptors (Lipinski definition) is 4. The minimum absolute atomic E-state index is 0.708. The summed E-state index contributed by atoms with van der Waals surface area (Å²) in [4.78, 5) is 7.27. The summed E-state index contributed by atoms with van der Waals surface area (Å²) in [5, 5.41) is 3.41. The smallest absolute Gasteiger partial charge is 0.0941 e. The van der Waals surface area contributed by atoms with E-state index in [0.717, 1.165) is 18.4 Å². The standard InChI is InChI=1S/C15H25N3S/c16-8-3-14-17-13(12-19-14)11-18-9-6-15(7-10-18)4-1-2-5-15/h12H,1-11,16H2. The van der Waals surface area contributed by atoms with Crippen LogP contribution < -0.4 is 5.73 Å². The number of rotatable bonds is 4. The lowest BCUT2D eigenvalue weighted by Gasteiger charge is -2.39. The summed E-state index contributed by atoms with van der Waals surface area (Å²) in [6.07, 6.45) is 9.65. The summed E-state index contributed by atoms with van der Waals surface area (Å²) in [7, 11) is 0. The summed E-state index contributed by atoms with van der Waals surface area (Å²) in [5.41, 5.74) is 7.55. The van der Waals surface area contributed by atoms with Crippen LogP contribution in [0.1, 0.15) is 49.2 Å². The van der Waals surface area contributed by atoms with E-state index in [2.05, 4.69) is 15.3 Å². The lowest BCUT2D eigenvalue weighted by atomic mass is 9.77. The Morgan fingerprint density at radius 1 is 1.21 bits per heavy atom. The molecule has 2 aliphatic rings. The molecule has 4 heteroatoms. The Balaban J connectivity index is 1.51. The third-order valence-corrected chi connectivity index (χ3v) is 5.88. The van der Waals surface area contributed by atoms with E-state index in [9.17, 15) is 0 Å². The van der Waals surface area contributed by atoms with E-state index in [4.69, 9.17) is 5.73 Å². The first-order valence-electron chi connectivity index (χ1n) is 7.65. The van der Waals surface area contributed by atoms with Gasteiger partial charge in [0.15, 0.2) is 0 Å². The van der Waals surface area contributed by atoms with Crippen LogP contribution in [0.2, 0.25) is 0 Å². The van der Waals surface area contributed by atoms with E-state index in [0.29, 0.717) is 6.54 Å². The van der Waals surface area contributed by atoms with E-state index in [1.807, 2.05) is 0 Å². The first-order valence-corrected chi connectivity index (χ1v) is 8.53. The van der Waals surface area contributed by atoms with Crippen molar-refractivity contribution in [3.05, 3.63) is 16.1 Å². The van der Waals surface area contributed by atoms with Crippen molar-refractivity contribution in [2.24, 2.45) is 11.1 Å². The Hall–Kier alpha value is -0.450. The van der Waals surface area contributed by atoms with E-state index >= 15 is 0 Å². The number of aromatic nitrogens is 1. The predicted molar refractivity (Wildman–Crippen MR) is 80.3 cm³/mol. The molecule has 0 aromatic carbocycles. The molecule has 0 atom stereocenters. The summed E-state index contributed by atoms with van der Waals surface area (Å²) < 4.78 is 0. The lowest BCUT2D eigenvalue weighted by molar-refractivity contribution is 0.103. The van der Waals surface area contributed by atoms with Crippen LogP contribution in [0.25, 0.3) is 0 Å². The molecule has 0 bridgehead atoms. The Labute approximate surface area is 120 Å². The molecule has 106 valence electrons. The zero-order chi connectivity index (χ0) is 13.1. The van der Waals surface area contributed by atoms with Crippen molar-refractivity contribution in [2.75, 3.05) is 19.6 Å². The second-order valence-corrected chi connectivity index (χ2v) is 7.20. The summed E-state index contributed by atoms with van der Waals surface area (Å²) >= 11 is 1.76. The van der Waals surface area contributed by atoms with E-state index in [1.165, 1.54) is 62.3 Å². The van der Waals surface area contributed by atoms with Crippen LogP contribution in [0.5, 0.6) is 0 Å². The normalized spacial score (nSPS) is 23.2. The molecule has 2 heterocycles. The molecular weight excluding hydrogens is 254 g/mol. The van der Waals surface area contributed by atoms with Crippen molar-refractivity contribution >= 4 is 11.3 Å². The fourth-order valence-electron chi connectivity index (χ4n) is 3.70. The molecule has 19 heavy (non-hydrogen) atoms. The fourth-order valence-corrected chi connectivity index (χ4v) is 4.50. The first kappa shape index (κ1) is 13.5. The number of piperidine rings is 1. The monoisotopic (exact) mass is 279 g/mol. The molecule has 2 fully saturated rings. The predicted octanol–water partition coefficient (Wildman–Crippen LogP) is 2.80. The molecule has 2 N–H and O–H groups in total. The highest BCUT2D eigenvalue weighted by Crippen LogP contribution is 2.46. The van der Waals surface area contributed by atoms with Crippen LogP contribution >= 0.6 is 11.3 Å². The van der Waals surface area contributed by atoms with Crippen molar-refractivity contribution < 1.29 is 0 Å². The van der Waals surface area contributed by atoms with Crippen LogP contribution in [-0.2, 0) is 13.0 Å². The topological polar surface area (TPSA) is 42.1 Å². The van der Waals surface area contributed by atoms with Gasteiger partial charge >= 0.3 is 0 Å². The van der Waals surface area contributed by atoms with Gasteiger partial charge < -0.3 is 5.73 Å². The van der Waals surface area contributed by atoms with Crippen molar-refractivity contribution in [3.63, 3.8) is 0 Å². The third kappa shape index (κ3) is 3.18. The molecule has 3 nitrogen and oxygen atoms in total. The van der Waals surface area contributed by atoms with Crippen LogP contribution in [-0.4, -0.2) is 29.5 Å². The maximum atomic E-state index is 5.58. The van der Waals surface area contributed by atoms with Gasteiger partial charge in [-0.15, -0.1) is 11.3 Å². The first-order chi connectivity index (χ1) is 9.30. The number of hydrogen-bond donors (Lipinski definition) is 1. The van der Waals surface area contributed by atoms with Gasteiger partial charge in [0.1, 0.15) is 0 Å². The minimum atomic E-state index is 0.708. The summed E-state index contributed by atoms with van der Waals surface area (Å²) in [6, 6.07) is 0. The van der Waals surface area contributed by atoms with Gasteiger partial charge in [-0.2, -0.15) is 0 Å². The van der Waals surface area contributed by atoms with Crippen molar-refractivity contribution in [1.82, 2.24) is 9.88 Å². The number of nitrogens with two attached hydrogens (primary N) is 1.